The van der Waals surface area contributed by atoms with E-state index in [1.165, 1.54) is 148 Å². The van der Waals surface area contributed by atoms with Gasteiger partial charge in [0.25, 0.3) is 0 Å². The molecule has 0 saturated heterocycles. The lowest BCUT2D eigenvalue weighted by molar-refractivity contribution is -0.122. The van der Waals surface area contributed by atoms with Gasteiger partial charge in [-0.25, -0.2) is 0 Å². The summed E-state index contributed by atoms with van der Waals surface area (Å²) in [7, 11) is 1.77. The van der Waals surface area contributed by atoms with Gasteiger partial charge < -0.3 is 4.74 Å². The number of Topliss-reactive ketones (excluding diaryl/α,β-unsaturated/α-hetero) is 1. The molecule has 0 heterocycles. The van der Waals surface area contributed by atoms with Gasteiger partial charge in [-0.05, 0) is 46.0 Å². The van der Waals surface area contributed by atoms with E-state index in [0.717, 1.165) is 19.3 Å². The smallest absolute Gasteiger partial charge is 0.133 e. The number of ether oxygens (including phenoxy) is 1. The van der Waals surface area contributed by atoms with Gasteiger partial charge in [0.2, 0.25) is 0 Å². The molecule has 0 aliphatic heterocycles. The molecule has 0 amide bonds. The summed E-state index contributed by atoms with van der Waals surface area (Å²) in [6.07, 6.45) is 40.1. The topological polar surface area (TPSA) is 26.3 Å². The summed E-state index contributed by atoms with van der Waals surface area (Å²) in [6.45, 7) is 6.02. The van der Waals surface area contributed by atoms with Crippen molar-refractivity contribution in [3.05, 3.63) is 12.2 Å². The summed E-state index contributed by atoms with van der Waals surface area (Å²) < 4.78 is 5.49. The molecule has 37 heavy (non-hydrogen) atoms. The third kappa shape index (κ3) is 26.8. The molecule has 2 heteroatoms. The van der Waals surface area contributed by atoms with Crippen molar-refractivity contribution in [2.75, 3.05) is 7.11 Å². The minimum absolute atomic E-state index is 0.202. The Morgan fingerprint density at radius 2 is 0.973 bits per heavy atom. The van der Waals surface area contributed by atoms with Crippen LogP contribution in [0.4, 0.5) is 0 Å². The Hall–Kier alpha value is -0.630. The second kappa shape index (κ2) is 29.9. The second-order valence-corrected chi connectivity index (χ2v) is 11.7. The molecule has 0 aliphatic carbocycles. The van der Waals surface area contributed by atoms with Crippen LogP contribution in [0.2, 0.25) is 0 Å². The molecule has 0 aliphatic rings. The van der Waals surface area contributed by atoms with Gasteiger partial charge in [-0.1, -0.05) is 154 Å². The molecule has 0 fully saturated rings. The summed E-state index contributed by atoms with van der Waals surface area (Å²) in [5.41, 5.74) is 0. The van der Waals surface area contributed by atoms with E-state index in [1.54, 1.807) is 14.0 Å². The van der Waals surface area contributed by atoms with Gasteiger partial charge in [0.1, 0.15) is 5.78 Å². The molecule has 2 atom stereocenters. The molecular weight excluding hydrogens is 452 g/mol. The normalized spacial score (nSPS) is 13.4. The van der Waals surface area contributed by atoms with Crippen LogP contribution in [-0.4, -0.2) is 19.0 Å². The first-order chi connectivity index (χ1) is 18.2. The monoisotopic (exact) mass is 521 g/mol. The minimum atomic E-state index is 0.202. The third-order valence-electron chi connectivity index (χ3n) is 8.32. The van der Waals surface area contributed by atoms with E-state index in [4.69, 9.17) is 4.74 Å². The number of methoxy groups -OCH3 is 1. The Labute approximate surface area is 234 Å². The van der Waals surface area contributed by atoms with Crippen LogP contribution in [0.15, 0.2) is 12.2 Å². The van der Waals surface area contributed by atoms with Crippen LogP contribution >= 0.6 is 0 Å². The fourth-order valence-electron chi connectivity index (χ4n) is 5.59. The predicted octanol–water partition coefficient (Wildman–Crippen LogP) is 11.9. The number of allylic oxidation sites excluding steroid dienone is 2. The average Bonchev–Trinajstić information content (AvgIpc) is 2.90. The summed E-state index contributed by atoms with van der Waals surface area (Å²) in [4.78, 5) is 11.9. The Kier molecular flexibility index (Phi) is 29.4. The van der Waals surface area contributed by atoms with Crippen LogP contribution in [0.3, 0.4) is 0 Å². The van der Waals surface area contributed by atoms with Gasteiger partial charge in [0.15, 0.2) is 0 Å². The maximum Gasteiger partial charge on any atom is 0.133 e. The van der Waals surface area contributed by atoms with Crippen molar-refractivity contribution >= 4 is 5.78 Å². The molecular formula is C35H68O2. The van der Waals surface area contributed by atoms with E-state index in [9.17, 15) is 4.79 Å². The highest BCUT2D eigenvalue weighted by Gasteiger charge is 2.18. The van der Waals surface area contributed by atoms with E-state index in [-0.39, 0.29) is 12.0 Å². The first-order valence-corrected chi connectivity index (χ1v) is 16.8. The Balaban J connectivity index is 3.26. The van der Waals surface area contributed by atoms with Crippen molar-refractivity contribution in [1.29, 1.82) is 0 Å². The van der Waals surface area contributed by atoms with Gasteiger partial charge in [-0.15, -0.1) is 0 Å². The van der Waals surface area contributed by atoms with Gasteiger partial charge in [-0.3, -0.25) is 4.79 Å². The fraction of sp³-hybridized carbons (Fsp3) is 0.914. The highest BCUT2D eigenvalue weighted by atomic mass is 16.5. The fourth-order valence-corrected chi connectivity index (χ4v) is 5.59. The van der Waals surface area contributed by atoms with E-state index in [1.807, 2.05) is 0 Å². The van der Waals surface area contributed by atoms with Gasteiger partial charge in [0, 0.05) is 13.0 Å². The summed E-state index contributed by atoms with van der Waals surface area (Å²) in [5.74, 6) is 0.548. The van der Waals surface area contributed by atoms with E-state index >= 15 is 0 Å². The SMILES string of the molecule is CC=CCCCCCCCCCCCCCCCCCCCCCCCCC(CC(CC)OC)C(C)=O. The Bertz CT molecular complexity index is 480. The molecule has 0 rings (SSSR count). The van der Waals surface area contributed by atoms with Gasteiger partial charge in [-0.2, -0.15) is 0 Å². The molecule has 0 aromatic heterocycles. The van der Waals surface area contributed by atoms with Crippen molar-refractivity contribution in [3.63, 3.8) is 0 Å². The van der Waals surface area contributed by atoms with Crippen LogP contribution in [0.1, 0.15) is 188 Å². The third-order valence-corrected chi connectivity index (χ3v) is 8.32. The summed E-state index contributed by atoms with van der Waals surface area (Å²) in [6, 6.07) is 0. The zero-order chi connectivity index (χ0) is 27.2. The summed E-state index contributed by atoms with van der Waals surface area (Å²) in [5, 5.41) is 0. The van der Waals surface area contributed by atoms with Crippen LogP contribution in [0.25, 0.3) is 0 Å². The largest absolute Gasteiger partial charge is 0.381 e. The number of ketones is 1. The molecule has 2 nitrogen and oxygen atoms in total. The van der Waals surface area contributed by atoms with E-state index in [2.05, 4.69) is 26.0 Å². The quantitative estimate of drug-likeness (QED) is 0.0695. The first-order valence-electron chi connectivity index (χ1n) is 16.8. The maximum atomic E-state index is 11.9. The number of rotatable bonds is 30. The first kappa shape index (κ1) is 36.4. The van der Waals surface area contributed by atoms with Gasteiger partial charge >= 0.3 is 0 Å². The summed E-state index contributed by atoms with van der Waals surface area (Å²) >= 11 is 0. The van der Waals surface area contributed by atoms with E-state index in [0.29, 0.717) is 5.78 Å². The maximum absolute atomic E-state index is 11.9. The molecule has 0 saturated carbocycles. The number of unbranched alkanes of at least 4 members (excludes halogenated alkanes) is 22. The van der Waals surface area contributed by atoms with Crippen molar-refractivity contribution in [3.8, 4) is 0 Å². The molecule has 0 spiro atoms. The lowest BCUT2D eigenvalue weighted by Gasteiger charge is -2.19. The van der Waals surface area contributed by atoms with Crippen molar-refractivity contribution in [1.82, 2.24) is 0 Å². The Morgan fingerprint density at radius 3 is 1.27 bits per heavy atom. The molecule has 0 aromatic rings. The zero-order valence-corrected chi connectivity index (χ0v) is 26.0. The number of hydrogen-bond donors (Lipinski definition) is 0. The average molecular weight is 521 g/mol. The predicted molar refractivity (Wildman–Crippen MR) is 165 cm³/mol. The minimum Gasteiger partial charge on any atom is -0.381 e. The van der Waals surface area contributed by atoms with Crippen molar-refractivity contribution in [2.24, 2.45) is 5.92 Å². The zero-order valence-electron chi connectivity index (χ0n) is 26.0. The molecule has 220 valence electrons. The van der Waals surface area contributed by atoms with Crippen molar-refractivity contribution in [2.45, 2.75) is 194 Å². The van der Waals surface area contributed by atoms with Crippen LogP contribution in [0, 0.1) is 5.92 Å². The van der Waals surface area contributed by atoms with Gasteiger partial charge in [0.05, 0.1) is 6.10 Å². The molecule has 2 unspecified atom stereocenters. The number of carbonyl (C=O) groups is 1. The lowest BCUT2D eigenvalue weighted by atomic mass is 9.90. The molecule has 0 aromatic carbocycles. The van der Waals surface area contributed by atoms with E-state index < -0.39 is 0 Å². The molecule has 0 N–H and O–H groups in total. The highest BCUT2D eigenvalue weighted by molar-refractivity contribution is 5.78. The standard InChI is InChI=1S/C35H68O2/c1-5-7-8-9-10-11-12-13-14-15-16-17-18-19-20-21-22-23-24-25-26-27-28-29-30-31-34(33(3)36)32-35(6-2)37-4/h5,7,34-35H,6,8-32H2,1-4H3. The van der Waals surface area contributed by atoms with Crippen molar-refractivity contribution < 1.29 is 9.53 Å². The number of hydrogen-bond acceptors (Lipinski definition) is 2. The van der Waals surface area contributed by atoms with Crippen LogP contribution in [-0.2, 0) is 9.53 Å². The lowest BCUT2D eigenvalue weighted by Crippen LogP contribution is -2.20. The molecule has 0 bridgehead atoms. The number of carbonyl (C=O) groups excluding carboxylic acids is 1. The highest BCUT2D eigenvalue weighted by Crippen LogP contribution is 2.21. The van der Waals surface area contributed by atoms with Crippen LogP contribution in [0.5, 0.6) is 0 Å². The van der Waals surface area contributed by atoms with Crippen LogP contribution < -0.4 is 0 Å². The molecule has 0 radical (unpaired) electrons. The second-order valence-electron chi connectivity index (χ2n) is 11.7. The Morgan fingerprint density at radius 1 is 0.622 bits per heavy atom.